The van der Waals surface area contributed by atoms with Crippen LogP contribution in [0.3, 0.4) is 0 Å². The minimum atomic E-state index is -4.14. The lowest BCUT2D eigenvalue weighted by Crippen LogP contribution is -2.41. The zero-order chi connectivity index (χ0) is 14.8. The summed E-state index contributed by atoms with van der Waals surface area (Å²) >= 11 is 0. The van der Waals surface area contributed by atoms with E-state index in [1.807, 2.05) is 6.92 Å². The molecular formula is C13H18F3N3O. The molecule has 1 aliphatic rings. The van der Waals surface area contributed by atoms with Gasteiger partial charge in [-0.3, -0.25) is 9.69 Å². The first-order valence-corrected chi connectivity index (χ1v) is 6.67. The topological polar surface area (TPSA) is 38.1 Å². The lowest BCUT2D eigenvalue weighted by molar-refractivity contribution is -0.148. The monoisotopic (exact) mass is 289 g/mol. The van der Waals surface area contributed by atoms with Crippen LogP contribution in [0.15, 0.2) is 16.9 Å². The summed E-state index contributed by atoms with van der Waals surface area (Å²) in [6.45, 7) is 2.29. The molecule has 0 saturated carbocycles. The van der Waals surface area contributed by atoms with Crippen LogP contribution in [-0.4, -0.2) is 40.5 Å². The highest BCUT2D eigenvalue weighted by Gasteiger charge is 2.32. The first kappa shape index (κ1) is 15.0. The van der Waals surface area contributed by atoms with E-state index < -0.39 is 12.7 Å². The number of likely N-dealkylation sites (tertiary alicyclic amines) is 1. The van der Waals surface area contributed by atoms with Crippen LogP contribution in [-0.2, 0) is 6.54 Å². The Balaban J connectivity index is 1.88. The molecule has 0 radical (unpaired) electrons. The van der Waals surface area contributed by atoms with Gasteiger partial charge in [-0.25, -0.2) is 4.68 Å². The Labute approximate surface area is 115 Å². The van der Waals surface area contributed by atoms with Crippen LogP contribution in [0.25, 0.3) is 0 Å². The molecule has 4 nitrogen and oxygen atoms in total. The predicted molar refractivity (Wildman–Crippen MR) is 68.5 cm³/mol. The van der Waals surface area contributed by atoms with E-state index in [4.69, 9.17) is 0 Å². The molecule has 1 saturated heterocycles. The Hall–Kier alpha value is -1.37. The SMILES string of the molecule is Cc1ccc(=O)n(CC2CCN(CC(F)(F)F)CC2)n1. The third-order valence-corrected chi connectivity index (χ3v) is 3.54. The molecule has 0 amide bonds. The van der Waals surface area contributed by atoms with Gasteiger partial charge in [-0.1, -0.05) is 0 Å². The molecule has 20 heavy (non-hydrogen) atoms. The first-order valence-electron chi connectivity index (χ1n) is 6.67. The second kappa shape index (κ2) is 5.95. The molecule has 2 heterocycles. The van der Waals surface area contributed by atoms with E-state index in [2.05, 4.69) is 5.10 Å². The molecule has 112 valence electrons. The van der Waals surface area contributed by atoms with Crippen molar-refractivity contribution in [1.82, 2.24) is 14.7 Å². The maximum absolute atomic E-state index is 12.3. The Bertz CT molecular complexity index is 504. The molecule has 7 heteroatoms. The average Bonchev–Trinajstić information content (AvgIpc) is 2.34. The van der Waals surface area contributed by atoms with Crippen molar-refractivity contribution in [1.29, 1.82) is 0 Å². The molecule has 2 rings (SSSR count). The minimum Gasteiger partial charge on any atom is -0.295 e. The molecule has 0 spiro atoms. The zero-order valence-electron chi connectivity index (χ0n) is 11.4. The predicted octanol–water partition coefficient (Wildman–Crippen LogP) is 1.83. The summed E-state index contributed by atoms with van der Waals surface area (Å²) < 4.78 is 38.3. The number of alkyl halides is 3. The first-order chi connectivity index (χ1) is 9.33. The summed E-state index contributed by atoms with van der Waals surface area (Å²) in [6, 6.07) is 3.13. The third kappa shape index (κ3) is 4.33. The highest BCUT2D eigenvalue weighted by Crippen LogP contribution is 2.23. The molecule has 1 aliphatic heterocycles. The van der Waals surface area contributed by atoms with E-state index >= 15 is 0 Å². The maximum Gasteiger partial charge on any atom is 0.401 e. The Morgan fingerprint density at radius 1 is 1.30 bits per heavy atom. The molecule has 0 atom stereocenters. The number of piperidine rings is 1. The minimum absolute atomic E-state index is 0.159. The zero-order valence-corrected chi connectivity index (χ0v) is 11.4. The van der Waals surface area contributed by atoms with Crippen molar-refractivity contribution < 1.29 is 13.2 Å². The van der Waals surface area contributed by atoms with Crippen LogP contribution in [0.4, 0.5) is 13.2 Å². The van der Waals surface area contributed by atoms with Gasteiger partial charge in [-0.05, 0) is 44.8 Å². The van der Waals surface area contributed by atoms with Gasteiger partial charge in [0.15, 0.2) is 0 Å². The van der Waals surface area contributed by atoms with Gasteiger partial charge >= 0.3 is 6.18 Å². The van der Waals surface area contributed by atoms with Crippen molar-refractivity contribution >= 4 is 0 Å². The van der Waals surface area contributed by atoms with E-state index in [-0.39, 0.29) is 11.5 Å². The summed E-state index contributed by atoms with van der Waals surface area (Å²) in [5.74, 6) is 0.214. The molecule has 1 aromatic heterocycles. The van der Waals surface area contributed by atoms with Gasteiger partial charge in [0, 0.05) is 12.6 Å². The van der Waals surface area contributed by atoms with Crippen molar-refractivity contribution in [3.8, 4) is 0 Å². The van der Waals surface area contributed by atoms with E-state index in [1.165, 1.54) is 15.6 Å². The van der Waals surface area contributed by atoms with Crippen LogP contribution in [0.2, 0.25) is 0 Å². The van der Waals surface area contributed by atoms with Crippen LogP contribution < -0.4 is 5.56 Å². The van der Waals surface area contributed by atoms with Crippen LogP contribution in [0, 0.1) is 12.8 Å². The molecule has 1 fully saturated rings. The van der Waals surface area contributed by atoms with Crippen LogP contribution in [0.5, 0.6) is 0 Å². The summed E-state index contributed by atoms with van der Waals surface area (Å²) in [6.07, 6.45) is -2.81. The van der Waals surface area contributed by atoms with Crippen molar-refractivity contribution in [2.24, 2.45) is 5.92 Å². The van der Waals surface area contributed by atoms with Crippen LogP contribution in [0.1, 0.15) is 18.5 Å². The van der Waals surface area contributed by atoms with Crippen molar-refractivity contribution in [3.05, 3.63) is 28.2 Å². The van der Waals surface area contributed by atoms with Gasteiger partial charge in [0.25, 0.3) is 5.56 Å². The molecule has 1 aromatic rings. The van der Waals surface area contributed by atoms with Gasteiger partial charge in [-0.15, -0.1) is 0 Å². The lowest BCUT2D eigenvalue weighted by Gasteiger charge is -2.32. The number of hydrogen-bond donors (Lipinski definition) is 0. The Morgan fingerprint density at radius 3 is 2.55 bits per heavy atom. The number of hydrogen-bond acceptors (Lipinski definition) is 3. The third-order valence-electron chi connectivity index (χ3n) is 3.54. The van der Waals surface area contributed by atoms with Gasteiger partial charge in [0.1, 0.15) is 0 Å². The fraction of sp³-hybridized carbons (Fsp3) is 0.692. The van der Waals surface area contributed by atoms with Gasteiger partial charge in [-0.2, -0.15) is 18.3 Å². The van der Waals surface area contributed by atoms with Gasteiger partial charge in [0.2, 0.25) is 0 Å². The number of aryl methyl sites for hydroxylation is 1. The normalized spacial score (nSPS) is 18.4. The number of halogens is 3. The average molecular weight is 289 g/mol. The lowest BCUT2D eigenvalue weighted by atomic mass is 9.97. The van der Waals surface area contributed by atoms with Gasteiger partial charge in [0.05, 0.1) is 12.2 Å². The summed E-state index contributed by atoms with van der Waals surface area (Å²) in [4.78, 5) is 13.1. The number of rotatable bonds is 3. The summed E-state index contributed by atoms with van der Waals surface area (Å²) in [5, 5.41) is 4.16. The van der Waals surface area contributed by atoms with Crippen molar-refractivity contribution in [2.75, 3.05) is 19.6 Å². The molecule has 0 bridgehead atoms. The second-order valence-corrected chi connectivity index (χ2v) is 5.33. The highest BCUT2D eigenvalue weighted by molar-refractivity contribution is 4.97. The highest BCUT2D eigenvalue weighted by atomic mass is 19.4. The number of aromatic nitrogens is 2. The maximum atomic E-state index is 12.3. The Morgan fingerprint density at radius 2 is 1.95 bits per heavy atom. The summed E-state index contributed by atoms with van der Waals surface area (Å²) in [7, 11) is 0. The molecule has 0 unspecified atom stereocenters. The quantitative estimate of drug-likeness (QED) is 0.852. The van der Waals surface area contributed by atoms with E-state index in [0.29, 0.717) is 32.5 Å². The smallest absolute Gasteiger partial charge is 0.295 e. The largest absolute Gasteiger partial charge is 0.401 e. The van der Waals surface area contributed by atoms with Crippen molar-refractivity contribution in [3.63, 3.8) is 0 Å². The molecule has 0 aliphatic carbocycles. The molecule has 0 N–H and O–H groups in total. The standard InChI is InChI=1S/C13H18F3N3O/c1-10-2-3-12(20)19(17-10)8-11-4-6-18(7-5-11)9-13(14,15)16/h2-3,11H,4-9H2,1H3. The second-order valence-electron chi connectivity index (χ2n) is 5.33. The van der Waals surface area contributed by atoms with Crippen molar-refractivity contribution in [2.45, 2.75) is 32.5 Å². The van der Waals surface area contributed by atoms with Gasteiger partial charge < -0.3 is 0 Å². The molecular weight excluding hydrogens is 271 g/mol. The fourth-order valence-electron chi connectivity index (χ4n) is 2.51. The molecule has 0 aromatic carbocycles. The fourth-order valence-corrected chi connectivity index (χ4v) is 2.51. The van der Waals surface area contributed by atoms with E-state index in [1.54, 1.807) is 6.07 Å². The summed E-state index contributed by atoms with van der Waals surface area (Å²) in [5.41, 5.74) is 0.604. The van der Waals surface area contributed by atoms with E-state index in [9.17, 15) is 18.0 Å². The van der Waals surface area contributed by atoms with Crippen LogP contribution >= 0.6 is 0 Å². The Kier molecular flexibility index (Phi) is 4.47. The number of nitrogens with zero attached hydrogens (tertiary/aromatic N) is 3. The van der Waals surface area contributed by atoms with E-state index in [0.717, 1.165) is 5.69 Å².